The smallest absolute Gasteiger partial charge is 0.335 e. The number of carbonyl (C=O) groups excluding carboxylic acids is 1. The molecule has 1 aliphatic rings. The predicted octanol–water partition coefficient (Wildman–Crippen LogP) is 1.86. The Morgan fingerprint density at radius 3 is 2.75 bits per heavy atom. The van der Waals surface area contributed by atoms with E-state index in [4.69, 9.17) is 4.74 Å². The van der Waals surface area contributed by atoms with Crippen LogP contribution in [0.5, 0.6) is 5.88 Å². The van der Waals surface area contributed by atoms with E-state index in [1.54, 1.807) is 43.0 Å². The fourth-order valence-electron chi connectivity index (χ4n) is 4.06. The topological polar surface area (TPSA) is 123 Å². The molecule has 0 unspecified atom stereocenters. The quantitative estimate of drug-likeness (QED) is 0.498. The van der Waals surface area contributed by atoms with Crippen molar-refractivity contribution in [2.24, 2.45) is 5.92 Å². The number of hydrogen-bond acceptors (Lipinski definition) is 7. The first kappa shape index (κ1) is 27.1. The summed E-state index contributed by atoms with van der Waals surface area (Å²) in [5.74, 6) is 4.29. The highest BCUT2D eigenvalue weighted by Crippen LogP contribution is 2.27. The lowest BCUT2D eigenvalue weighted by atomic mass is 9.99. The molecule has 9 heteroatoms. The normalized spacial score (nSPS) is 19.3. The van der Waals surface area contributed by atoms with Gasteiger partial charge in [0.1, 0.15) is 17.8 Å². The number of carboxylic acid groups (broad SMARTS) is 1. The lowest BCUT2D eigenvalue weighted by Gasteiger charge is -2.37. The van der Waals surface area contributed by atoms with E-state index in [9.17, 15) is 24.9 Å². The standard InChI is InChI=1S/C27H33N3O6/c1-17-13-30(18(2)16-31)26(33)23-11-20(9-8-19(3)32)12-28-25(23)36-24(17)15-29(4)14-21-6-5-7-22(10-21)27(34)35/h5-7,10-12,17-19,24,31-32H,13-16H2,1-4H3,(H,34,35)/t17-,18-,19+,24+/m0/s1. The maximum atomic E-state index is 13.4. The van der Waals surface area contributed by atoms with E-state index in [1.807, 2.05) is 24.9 Å². The van der Waals surface area contributed by atoms with Gasteiger partial charge in [0.2, 0.25) is 5.88 Å². The van der Waals surface area contributed by atoms with Crippen LogP contribution in [0.25, 0.3) is 0 Å². The number of aromatic nitrogens is 1. The minimum atomic E-state index is -0.973. The van der Waals surface area contributed by atoms with Crippen molar-refractivity contribution >= 4 is 11.9 Å². The number of fused-ring (bicyclic) bond motifs is 1. The van der Waals surface area contributed by atoms with Crippen molar-refractivity contribution in [2.75, 3.05) is 26.7 Å². The van der Waals surface area contributed by atoms with Gasteiger partial charge in [-0.05, 0) is 44.7 Å². The number of nitrogens with zero attached hydrogens (tertiary/aromatic N) is 3. The largest absolute Gasteiger partial charge is 0.478 e. The molecule has 36 heavy (non-hydrogen) atoms. The average molecular weight is 496 g/mol. The Balaban J connectivity index is 1.89. The molecular formula is C27H33N3O6. The number of pyridine rings is 1. The van der Waals surface area contributed by atoms with Crippen LogP contribution >= 0.6 is 0 Å². The first-order chi connectivity index (χ1) is 17.1. The molecule has 192 valence electrons. The second-order valence-electron chi connectivity index (χ2n) is 9.35. The van der Waals surface area contributed by atoms with Crippen LogP contribution in [0.15, 0.2) is 36.5 Å². The second kappa shape index (κ2) is 12.0. The average Bonchev–Trinajstić information content (AvgIpc) is 2.84. The minimum absolute atomic E-state index is 0.0830. The molecule has 0 saturated heterocycles. The highest BCUT2D eigenvalue weighted by molar-refractivity contribution is 5.97. The van der Waals surface area contributed by atoms with Gasteiger partial charge in [-0.1, -0.05) is 30.9 Å². The zero-order valence-corrected chi connectivity index (χ0v) is 21.0. The van der Waals surface area contributed by atoms with Crippen molar-refractivity contribution in [1.82, 2.24) is 14.8 Å². The third-order valence-electron chi connectivity index (χ3n) is 6.06. The first-order valence-corrected chi connectivity index (χ1v) is 11.9. The molecular weight excluding hydrogens is 462 g/mol. The molecule has 1 aromatic heterocycles. The van der Waals surface area contributed by atoms with Gasteiger partial charge in [-0.25, -0.2) is 9.78 Å². The summed E-state index contributed by atoms with van der Waals surface area (Å²) in [5, 5.41) is 28.5. The molecule has 4 atom stereocenters. The van der Waals surface area contributed by atoms with Gasteiger partial charge in [0.25, 0.3) is 5.91 Å². The molecule has 0 bridgehead atoms. The second-order valence-corrected chi connectivity index (χ2v) is 9.35. The summed E-state index contributed by atoms with van der Waals surface area (Å²) in [5.41, 5.74) is 1.82. The number of carboxylic acids is 1. The summed E-state index contributed by atoms with van der Waals surface area (Å²) >= 11 is 0. The number of amides is 1. The van der Waals surface area contributed by atoms with Crippen LogP contribution in [0.4, 0.5) is 0 Å². The summed E-state index contributed by atoms with van der Waals surface area (Å²) in [7, 11) is 1.92. The molecule has 2 heterocycles. The van der Waals surface area contributed by atoms with Crippen LogP contribution in [0.2, 0.25) is 0 Å². The van der Waals surface area contributed by atoms with E-state index in [0.29, 0.717) is 25.2 Å². The van der Waals surface area contributed by atoms with Gasteiger partial charge in [0.15, 0.2) is 0 Å². The predicted molar refractivity (Wildman–Crippen MR) is 134 cm³/mol. The number of benzene rings is 1. The highest BCUT2D eigenvalue weighted by atomic mass is 16.5. The number of hydrogen-bond donors (Lipinski definition) is 3. The van der Waals surface area contributed by atoms with Crippen LogP contribution in [0.3, 0.4) is 0 Å². The number of ether oxygens (including phenoxy) is 1. The lowest BCUT2D eigenvalue weighted by Crippen LogP contribution is -2.49. The number of aromatic carboxylic acids is 1. The maximum Gasteiger partial charge on any atom is 0.335 e. The first-order valence-electron chi connectivity index (χ1n) is 11.9. The molecule has 0 saturated carbocycles. The third kappa shape index (κ3) is 6.82. The molecule has 2 aromatic rings. The lowest BCUT2D eigenvalue weighted by molar-refractivity contribution is 0.0324. The van der Waals surface area contributed by atoms with Crippen molar-refractivity contribution in [3.05, 3.63) is 58.8 Å². The van der Waals surface area contributed by atoms with Crippen molar-refractivity contribution in [3.63, 3.8) is 0 Å². The Kier molecular flexibility index (Phi) is 9.04. The van der Waals surface area contributed by atoms with Gasteiger partial charge in [0, 0.05) is 37.3 Å². The van der Waals surface area contributed by atoms with E-state index < -0.39 is 18.1 Å². The SMILES string of the molecule is C[C@@H](O)C#Cc1cnc2c(c1)C(=O)N([C@@H](C)CO)C[C@H](C)[C@@H](CN(C)Cc1cccc(C(=O)O)c1)O2. The number of likely N-dealkylation sites (N-methyl/N-ethyl adjacent to an activating group) is 1. The zero-order valence-electron chi connectivity index (χ0n) is 21.0. The summed E-state index contributed by atoms with van der Waals surface area (Å²) in [4.78, 5) is 32.8. The number of rotatable bonds is 7. The zero-order chi connectivity index (χ0) is 26.4. The molecule has 0 radical (unpaired) electrons. The molecule has 3 rings (SSSR count). The fraction of sp³-hybridized carbons (Fsp3) is 0.444. The molecule has 0 aliphatic carbocycles. The van der Waals surface area contributed by atoms with Crippen LogP contribution in [-0.4, -0.2) is 87.0 Å². The van der Waals surface area contributed by atoms with Gasteiger partial charge in [0.05, 0.1) is 18.2 Å². The van der Waals surface area contributed by atoms with Crippen molar-refractivity contribution in [3.8, 4) is 17.7 Å². The van der Waals surface area contributed by atoms with E-state index >= 15 is 0 Å². The van der Waals surface area contributed by atoms with Crippen LogP contribution in [-0.2, 0) is 6.54 Å². The van der Waals surface area contributed by atoms with E-state index in [-0.39, 0.29) is 41.5 Å². The third-order valence-corrected chi connectivity index (χ3v) is 6.06. The van der Waals surface area contributed by atoms with Crippen molar-refractivity contribution < 1.29 is 29.6 Å². The van der Waals surface area contributed by atoms with E-state index in [1.165, 1.54) is 6.20 Å². The molecule has 1 aliphatic heterocycles. The van der Waals surface area contributed by atoms with Gasteiger partial charge >= 0.3 is 5.97 Å². The Morgan fingerprint density at radius 1 is 1.33 bits per heavy atom. The summed E-state index contributed by atoms with van der Waals surface area (Å²) in [6.07, 6.45) is 0.354. The Hall–Kier alpha value is -3.45. The van der Waals surface area contributed by atoms with Gasteiger partial charge < -0.3 is 25.0 Å². The molecule has 0 fully saturated rings. The maximum absolute atomic E-state index is 13.4. The molecule has 3 N–H and O–H groups in total. The van der Waals surface area contributed by atoms with Crippen LogP contribution in [0.1, 0.15) is 52.6 Å². The van der Waals surface area contributed by atoms with Gasteiger partial charge in [-0.2, -0.15) is 0 Å². The van der Waals surface area contributed by atoms with Crippen molar-refractivity contribution in [2.45, 2.75) is 45.6 Å². The molecule has 1 amide bonds. The van der Waals surface area contributed by atoms with Crippen LogP contribution < -0.4 is 4.74 Å². The highest BCUT2D eigenvalue weighted by Gasteiger charge is 2.34. The summed E-state index contributed by atoms with van der Waals surface area (Å²) in [6.45, 7) is 6.52. The van der Waals surface area contributed by atoms with E-state index in [0.717, 1.165) is 5.56 Å². The van der Waals surface area contributed by atoms with Gasteiger partial charge in [-0.15, -0.1) is 0 Å². The van der Waals surface area contributed by atoms with Gasteiger partial charge in [-0.3, -0.25) is 9.69 Å². The number of carbonyl (C=O) groups is 2. The van der Waals surface area contributed by atoms with E-state index in [2.05, 4.69) is 16.8 Å². The Morgan fingerprint density at radius 2 is 2.08 bits per heavy atom. The summed E-state index contributed by atoms with van der Waals surface area (Å²) < 4.78 is 6.28. The minimum Gasteiger partial charge on any atom is -0.478 e. The van der Waals surface area contributed by atoms with Crippen LogP contribution in [0, 0.1) is 17.8 Å². The molecule has 0 spiro atoms. The number of aliphatic hydroxyl groups is 2. The summed E-state index contributed by atoms with van der Waals surface area (Å²) in [6, 6.07) is 8.00. The molecule has 9 nitrogen and oxygen atoms in total. The van der Waals surface area contributed by atoms with Crippen molar-refractivity contribution in [1.29, 1.82) is 0 Å². The fourth-order valence-corrected chi connectivity index (χ4v) is 4.06. The number of aliphatic hydroxyl groups excluding tert-OH is 2. The Bertz CT molecular complexity index is 1160. The monoisotopic (exact) mass is 495 g/mol. The molecule has 1 aromatic carbocycles. The Labute approximate surface area is 211 Å².